The van der Waals surface area contributed by atoms with Gasteiger partial charge >= 0.3 is 0 Å². The third kappa shape index (κ3) is 5.72. The van der Waals surface area contributed by atoms with Crippen molar-refractivity contribution in [2.24, 2.45) is 0 Å². The molecule has 2 atom stereocenters. The second kappa shape index (κ2) is 11.3. The summed E-state index contributed by atoms with van der Waals surface area (Å²) in [6.07, 6.45) is 5.94. The molecule has 0 aliphatic heterocycles. The number of ether oxygens (including phenoxy) is 1. The van der Waals surface area contributed by atoms with Crippen molar-refractivity contribution < 1.29 is 9.84 Å². The highest BCUT2D eigenvalue weighted by atomic mass is 79.9. The van der Waals surface area contributed by atoms with Gasteiger partial charge in [0.25, 0.3) is 0 Å². The fraction of sp³-hybridized carbons (Fsp3) is 0.310. The number of benzene rings is 2. The van der Waals surface area contributed by atoms with Crippen molar-refractivity contribution in [2.75, 3.05) is 27.7 Å². The number of fused-ring (bicyclic) bond motifs is 1. The van der Waals surface area contributed by atoms with Crippen LogP contribution in [-0.4, -0.2) is 47.7 Å². The molecule has 0 spiro atoms. The highest BCUT2D eigenvalue weighted by Crippen LogP contribution is 2.47. The van der Waals surface area contributed by atoms with Crippen molar-refractivity contribution in [3.05, 3.63) is 100 Å². The first-order chi connectivity index (χ1) is 16.9. The van der Waals surface area contributed by atoms with E-state index in [1.807, 2.05) is 48.5 Å². The number of hydrogen-bond donors (Lipinski definition) is 1. The van der Waals surface area contributed by atoms with E-state index < -0.39 is 11.5 Å². The normalized spacial score (nSPS) is 14.1. The Balaban J connectivity index is 1.92. The lowest BCUT2D eigenvalue weighted by molar-refractivity contribution is 0.00647. The molecule has 5 nitrogen and oxygen atoms in total. The van der Waals surface area contributed by atoms with E-state index in [4.69, 9.17) is 9.72 Å². The fourth-order valence-corrected chi connectivity index (χ4v) is 5.15. The average molecular weight is 534 g/mol. The molecule has 2 heterocycles. The van der Waals surface area contributed by atoms with Gasteiger partial charge in [-0.1, -0.05) is 52.3 Å². The van der Waals surface area contributed by atoms with Crippen LogP contribution in [0.25, 0.3) is 10.9 Å². The van der Waals surface area contributed by atoms with E-state index in [9.17, 15) is 5.11 Å². The van der Waals surface area contributed by atoms with Crippen molar-refractivity contribution >= 4 is 26.8 Å². The molecule has 35 heavy (non-hydrogen) atoms. The number of halogens is 1. The summed E-state index contributed by atoms with van der Waals surface area (Å²) in [4.78, 5) is 11.4. The Morgan fingerprint density at radius 3 is 2.51 bits per heavy atom. The van der Waals surface area contributed by atoms with Crippen molar-refractivity contribution in [3.63, 3.8) is 0 Å². The molecule has 182 valence electrons. The van der Waals surface area contributed by atoms with Gasteiger partial charge in [0, 0.05) is 39.3 Å². The molecule has 4 aromatic rings. The molecule has 2 aromatic carbocycles. The Labute approximate surface area is 215 Å². The molecule has 2 unspecified atom stereocenters. The molecule has 2 aromatic heterocycles. The molecular weight excluding hydrogens is 502 g/mol. The first kappa shape index (κ1) is 25.3. The van der Waals surface area contributed by atoms with E-state index in [1.165, 1.54) is 0 Å². The Kier molecular flexibility index (Phi) is 8.16. The number of rotatable bonds is 10. The first-order valence-electron chi connectivity index (χ1n) is 11.9. The van der Waals surface area contributed by atoms with Gasteiger partial charge < -0.3 is 14.7 Å². The Morgan fingerprint density at radius 1 is 1.03 bits per heavy atom. The minimum absolute atomic E-state index is 0.405. The smallest absolute Gasteiger partial charge is 0.217 e. The minimum atomic E-state index is -1.21. The van der Waals surface area contributed by atoms with Crippen LogP contribution in [0.1, 0.15) is 41.9 Å². The van der Waals surface area contributed by atoms with Crippen LogP contribution >= 0.6 is 15.9 Å². The van der Waals surface area contributed by atoms with Crippen molar-refractivity contribution in [1.82, 2.24) is 14.9 Å². The van der Waals surface area contributed by atoms with E-state index in [-0.39, 0.29) is 0 Å². The summed E-state index contributed by atoms with van der Waals surface area (Å²) in [5.74, 6) is 0.113. The zero-order valence-electron chi connectivity index (χ0n) is 20.5. The lowest BCUT2D eigenvalue weighted by atomic mass is 9.71. The molecule has 0 aliphatic rings. The van der Waals surface area contributed by atoms with E-state index in [0.717, 1.165) is 51.5 Å². The predicted octanol–water partition coefficient (Wildman–Crippen LogP) is 6.15. The Bertz CT molecular complexity index is 1250. The molecule has 0 saturated carbocycles. The molecule has 4 rings (SSSR count). The molecule has 1 N–H and O–H groups in total. The van der Waals surface area contributed by atoms with Crippen LogP contribution in [0.3, 0.4) is 0 Å². The quantitative estimate of drug-likeness (QED) is 0.247. The summed E-state index contributed by atoms with van der Waals surface area (Å²) in [5, 5.41) is 13.6. The SMILES string of the molecule is COc1nc2ccc(Br)cc2cc1C(c1ccccc1)C(O)(CCCCN(C)C)c1cccnc1. The monoisotopic (exact) mass is 533 g/mol. The summed E-state index contributed by atoms with van der Waals surface area (Å²) in [5.41, 5.74) is 2.27. The van der Waals surface area contributed by atoms with Crippen LogP contribution in [0, 0.1) is 0 Å². The number of aliphatic hydroxyl groups is 1. The van der Waals surface area contributed by atoms with Crippen molar-refractivity contribution in [1.29, 1.82) is 0 Å². The molecule has 0 bridgehead atoms. The highest BCUT2D eigenvalue weighted by Gasteiger charge is 2.42. The van der Waals surface area contributed by atoms with Gasteiger partial charge in [-0.15, -0.1) is 0 Å². The zero-order chi connectivity index (χ0) is 24.8. The molecule has 0 amide bonds. The number of hydrogen-bond acceptors (Lipinski definition) is 5. The van der Waals surface area contributed by atoms with Gasteiger partial charge in [0.05, 0.1) is 12.6 Å². The molecular formula is C29H32BrN3O2. The van der Waals surface area contributed by atoms with Crippen LogP contribution in [0.2, 0.25) is 0 Å². The third-order valence-electron chi connectivity index (χ3n) is 6.46. The van der Waals surface area contributed by atoms with Crippen molar-refractivity contribution in [3.8, 4) is 5.88 Å². The van der Waals surface area contributed by atoms with Gasteiger partial charge in [-0.2, -0.15) is 0 Å². The second-order valence-electron chi connectivity index (χ2n) is 9.19. The molecule has 0 radical (unpaired) electrons. The lowest BCUT2D eigenvalue weighted by Gasteiger charge is -2.38. The summed E-state index contributed by atoms with van der Waals surface area (Å²) in [6, 6.07) is 22.1. The van der Waals surface area contributed by atoms with Crippen LogP contribution in [0.4, 0.5) is 0 Å². The van der Waals surface area contributed by atoms with Crippen LogP contribution in [0.15, 0.2) is 83.6 Å². The van der Waals surface area contributed by atoms with Gasteiger partial charge in [-0.25, -0.2) is 4.98 Å². The minimum Gasteiger partial charge on any atom is -0.481 e. The average Bonchev–Trinajstić information content (AvgIpc) is 2.87. The van der Waals surface area contributed by atoms with E-state index in [0.29, 0.717) is 12.3 Å². The first-order valence-corrected chi connectivity index (χ1v) is 12.7. The van der Waals surface area contributed by atoms with E-state index >= 15 is 0 Å². The summed E-state index contributed by atoms with van der Waals surface area (Å²) < 4.78 is 6.80. The summed E-state index contributed by atoms with van der Waals surface area (Å²) in [7, 11) is 5.78. The maximum Gasteiger partial charge on any atom is 0.217 e. The van der Waals surface area contributed by atoms with Crippen LogP contribution in [0.5, 0.6) is 5.88 Å². The summed E-state index contributed by atoms with van der Waals surface area (Å²) >= 11 is 3.58. The number of pyridine rings is 2. The number of unbranched alkanes of at least 4 members (excludes halogenated alkanes) is 1. The molecule has 0 aliphatic carbocycles. The van der Waals surface area contributed by atoms with Crippen LogP contribution in [-0.2, 0) is 5.60 Å². The third-order valence-corrected chi connectivity index (χ3v) is 6.95. The second-order valence-corrected chi connectivity index (χ2v) is 10.1. The number of nitrogens with zero attached hydrogens (tertiary/aromatic N) is 3. The van der Waals surface area contributed by atoms with Gasteiger partial charge in [0.1, 0.15) is 5.60 Å². The standard InChI is InChI=1S/C29H32BrN3O2/c1-33(2)17-8-7-15-29(34,23-12-9-16-31-20-23)27(21-10-5-4-6-11-21)25-19-22-18-24(30)13-14-26(22)32-28(25)35-3/h4-6,9-14,16,18-20,27,34H,7-8,15,17H2,1-3H3. The molecule has 6 heteroatoms. The topological polar surface area (TPSA) is 58.5 Å². The fourth-order valence-electron chi connectivity index (χ4n) is 4.77. The zero-order valence-corrected chi connectivity index (χ0v) is 22.1. The summed E-state index contributed by atoms with van der Waals surface area (Å²) in [6.45, 7) is 0.966. The molecule has 0 fully saturated rings. The maximum atomic E-state index is 12.6. The number of methoxy groups -OCH3 is 1. The highest BCUT2D eigenvalue weighted by molar-refractivity contribution is 9.10. The van der Waals surface area contributed by atoms with E-state index in [2.05, 4.69) is 58.1 Å². The van der Waals surface area contributed by atoms with Gasteiger partial charge in [-0.3, -0.25) is 4.98 Å². The van der Waals surface area contributed by atoms with Crippen molar-refractivity contribution in [2.45, 2.75) is 30.8 Å². The molecule has 0 saturated heterocycles. The van der Waals surface area contributed by atoms with Gasteiger partial charge in [-0.05, 0) is 75.8 Å². The lowest BCUT2D eigenvalue weighted by Crippen LogP contribution is -2.35. The van der Waals surface area contributed by atoms with Gasteiger partial charge in [0.15, 0.2) is 0 Å². The van der Waals surface area contributed by atoms with Gasteiger partial charge in [0.2, 0.25) is 5.88 Å². The number of aromatic nitrogens is 2. The van der Waals surface area contributed by atoms with E-state index in [1.54, 1.807) is 19.5 Å². The predicted molar refractivity (Wildman–Crippen MR) is 145 cm³/mol. The maximum absolute atomic E-state index is 12.6. The largest absolute Gasteiger partial charge is 0.481 e. The Hall–Kier alpha value is -2.80. The Morgan fingerprint density at radius 2 is 1.83 bits per heavy atom. The van der Waals surface area contributed by atoms with Crippen LogP contribution < -0.4 is 4.74 Å².